The zero-order valence-electron chi connectivity index (χ0n) is 20.6. The number of alkyl halides is 1. The highest BCUT2D eigenvalue weighted by molar-refractivity contribution is 9.10. The average Bonchev–Trinajstić information content (AvgIpc) is 3.36. The summed E-state index contributed by atoms with van der Waals surface area (Å²) < 4.78 is 34.7. The summed E-state index contributed by atoms with van der Waals surface area (Å²) in [4.78, 5) is 43.1. The van der Waals surface area contributed by atoms with Crippen LogP contribution in [0.5, 0.6) is 0 Å². The van der Waals surface area contributed by atoms with Gasteiger partial charge in [-0.1, -0.05) is 49.4 Å². The van der Waals surface area contributed by atoms with Crippen molar-refractivity contribution < 1.29 is 32.4 Å². The number of nitrogens with one attached hydrogen (secondary N) is 2. The molecular formula is C27H28BrF2N3O5. The van der Waals surface area contributed by atoms with Crippen molar-refractivity contribution in [1.29, 1.82) is 0 Å². The maximum Gasteiger partial charge on any atom is 0.288 e. The molecule has 0 aliphatic carbocycles. The van der Waals surface area contributed by atoms with E-state index < -0.39 is 35.8 Å². The van der Waals surface area contributed by atoms with Crippen LogP contribution in [0.25, 0.3) is 0 Å². The van der Waals surface area contributed by atoms with E-state index >= 15 is 4.39 Å². The van der Waals surface area contributed by atoms with Gasteiger partial charge in [-0.2, -0.15) is 0 Å². The Labute approximate surface area is 227 Å². The number of rotatable bonds is 14. The maximum atomic E-state index is 15.8. The van der Waals surface area contributed by atoms with Gasteiger partial charge in [0.05, 0.1) is 18.6 Å². The fourth-order valence-corrected chi connectivity index (χ4v) is 4.23. The molecule has 0 bridgehead atoms. The van der Waals surface area contributed by atoms with Gasteiger partial charge in [0.1, 0.15) is 18.6 Å². The second kappa shape index (κ2) is 14.4. The van der Waals surface area contributed by atoms with Crippen molar-refractivity contribution in [3.63, 3.8) is 0 Å². The summed E-state index contributed by atoms with van der Waals surface area (Å²) in [6, 6.07) is 16.4. The second-order valence-electron chi connectivity index (χ2n) is 8.40. The summed E-state index contributed by atoms with van der Waals surface area (Å²) >= 11 is 3.11. The quantitative estimate of drug-likeness (QED) is 0.163. The standard InChI is InChI=1S/C27H28BrF2N3O5/c1-2-22(33(17-34)37-15-19-6-4-3-5-7-19)25(21(30)14-18-8-10-20(29)11-9-18)27(36)32-16-31-26(35)23-12-13-24(28)38-23/h3-13,17,21-22,25H,2,14-16H2,1H3,(H,31,35)(H,32,36)/t21?,22-,25-/m1/s1. The van der Waals surface area contributed by atoms with E-state index in [4.69, 9.17) is 9.25 Å². The van der Waals surface area contributed by atoms with Gasteiger partial charge in [-0.3, -0.25) is 19.2 Å². The molecule has 1 unspecified atom stereocenters. The molecule has 0 radical (unpaired) electrons. The second-order valence-corrected chi connectivity index (χ2v) is 9.18. The van der Waals surface area contributed by atoms with Gasteiger partial charge in [-0.15, -0.1) is 0 Å². The van der Waals surface area contributed by atoms with Gasteiger partial charge in [0.2, 0.25) is 12.3 Å². The molecule has 0 fully saturated rings. The Balaban J connectivity index is 1.75. The molecule has 1 heterocycles. The largest absolute Gasteiger partial charge is 0.444 e. The first-order valence-electron chi connectivity index (χ1n) is 11.9. The van der Waals surface area contributed by atoms with Crippen LogP contribution in [-0.4, -0.2) is 42.2 Å². The molecule has 11 heteroatoms. The number of halogens is 3. The minimum absolute atomic E-state index is 0.0234. The van der Waals surface area contributed by atoms with E-state index in [1.54, 1.807) is 25.1 Å². The molecule has 3 amide bonds. The van der Waals surface area contributed by atoms with Crippen LogP contribution in [0.15, 0.2) is 75.8 Å². The lowest BCUT2D eigenvalue weighted by Gasteiger charge is -2.34. The summed E-state index contributed by atoms with van der Waals surface area (Å²) in [5, 5.41) is 5.94. The van der Waals surface area contributed by atoms with Crippen molar-refractivity contribution in [1.82, 2.24) is 15.7 Å². The van der Waals surface area contributed by atoms with Crippen LogP contribution >= 0.6 is 15.9 Å². The van der Waals surface area contributed by atoms with E-state index in [0.717, 1.165) is 10.6 Å². The molecule has 8 nitrogen and oxygen atoms in total. The number of benzene rings is 2. The number of hydrogen-bond donors (Lipinski definition) is 2. The number of nitrogens with zero attached hydrogens (tertiary/aromatic N) is 1. The number of hydrogen-bond acceptors (Lipinski definition) is 5. The van der Waals surface area contributed by atoms with Crippen LogP contribution in [0.2, 0.25) is 0 Å². The number of hydroxylamine groups is 2. The van der Waals surface area contributed by atoms with Crippen LogP contribution in [0.3, 0.4) is 0 Å². The molecule has 0 saturated heterocycles. The van der Waals surface area contributed by atoms with Crippen molar-refractivity contribution in [2.45, 2.75) is 38.6 Å². The number of carbonyl (C=O) groups excluding carboxylic acids is 3. The Morgan fingerprint density at radius 3 is 2.37 bits per heavy atom. The van der Waals surface area contributed by atoms with Crippen LogP contribution in [0.1, 0.15) is 35.0 Å². The van der Waals surface area contributed by atoms with Gasteiger partial charge in [0, 0.05) is 6.42 Å². The lowest BCUT2D eigenvalue weighted by Crippen LogP contribution is -2.52. The molecule has 0 saturated carbocycles. The summed E-state index contributed by atoms with van der Waals surface area (Å²) in [6.07, 6.45) is -1.35. The van der Waals surface area contributed by atoms with Crippen LogP contribution in [0, 0.1) is 11.7 Å². The first-order valence-corrected chi connectivity index (χ1v) is 12.7. The van der Waals surface area contributed by atoms with Crippen molar-refractivity contribution in [2.75, 3.05) is 6.67 Å². The van der Waals surface area contributed by atoms with Crippen molar-refractivity contribution in [3.8, 4) is 0 Å². The number of furan rings is 1. The monoisotopic (exact) mass is 591 g/mol. The molecule has 3 aromatic rings. The third-order valence-electron chi connectivity index (χ3n) is 5.83. The Morgan fingerprint density at radius 1 is 1.05 bits per heavy atom. The highest BCUT2D eigenvalue weighted by atomic mass is 79.9. The Morgan fingerprint density at radius 2 is 1.76 bits per heavy atom. The van der Waals surface area contributed by atoms with Gasteiger partial charge in [-0.05, 0) is 57.7 Å². The zero-order valence-corrected chi connectivity index (χ0v) is 22.2. The number of carbonyl (C=O) groups is 3. The minimum Gasteiger partial charge on any atom is -0.444 e. The maximum absolute atomic E-state index is 15.8. The molecule has 0 aliphatic rings. The Kier molecular flexibility index (Phi) is 11.0. The zero-order chi connectivity index (χ0) is 27.5. The van der Waals surface area contributed by atoms with E-state index in [2.05, 4.69) is 26.6 Å². The molecule has 202 valence electrons. The van der Waals surface area contributed by atoms with Crippen LogP contribution in [0.4, 0.5) is 8.78 Å². The van der Waals surface area contributed by atoms with E-state index in [1.807, 2.05) is 18.2 Å². The Hall–Kier alpha value is -3.57. The summed E-state index contributed by atoms with van der Waals surface area (Å²) in [6.45, 7) is 1.43. The first kappa shape index (κ1) is 29.0. The first-order chi connectivity index (χ1) is 18.3. The highest BCUT2D eigenvalue weighted by Gasteiger charge is 2.39. The topological polar surface area (TPSA) is 101 Å². The molecule has 3 rings (SSSR count). The van der Waals surface area contributed by atoms with Gasteiger partial charge in [0.15, 0.2) is 10.4 Å². The van der Waals surface area contributed by atoms with E-state index in [0.29, 0.717) is 16.6 Å². The van der Waals surface area contributed by atoms with Gasteiger partial charge in [-0.25, -0.2) is 13.8 Å². The van der Waals surface area contributed by atoms with Crippen molar-refractivity contribution in [3.05, 3.63) is 94.1 Å². The lowest BCUT2D eigenvalue weighted by atomic mass is 9.88. The highest BCUT2D eigenvalue weighted by Crippen LogP contribution is 2.25. The third kappa shape index (κ3) is 8.22. The van der Waals surface area contributed by atoms with Crippen LogP contribution < -0.4 is 10.6 Å². The summed E-state index contributed by atoms with van der Waals surface area (Å²) in [5.74, 6) is -3.12. The lowest BCUT2D eigenvalue weighted by molar-refractivity contribution is -0.202. The molecule has 0 aliphatic heterocycles. The molecule has 38 heavy (non-hydrogen) atoms. The summed E-state index contributed by atoms with van der Waals surface area (Å²) in [7, 11) is 0. The normalized spacial score (nSPS) is 13.3. The van der Waals surface area contributed by atoms with Gasteiger partial charge in [0.25, 0.3) is 5.91 Å². The van der Waals surface area contributed by atoms with Gasteiger partial charge >= 0.3 is 0 Å². The summed E-state index contributed by atoms with van der Waals surface area (Å²) in [5.41, 5.74) is 1.26. The van der Waals surface area contributed by atoms with E-state index in [1.165, 1.54) is 30.3 Å². The molecule has 2 aromatic carbocycles. The fourth-order valence-electron chi connectivity index (χ4n) is 3.93. The smallest absolute Gasteiger partial charge is 0.288 e. The van der Waals surface area contributed by atoms with Gasteiger partial charge < -0.3 is 15.1 Å². The molecular weight excluding hydrogens is 564 g/mol. The Bertz CT molecular complexity index is 1190. The minimum atomic E-state index is -1.76. The third-order valence-corrected chi connectivity index (χ3v) is 6.26. The van der Waals surface area contributed by atoms with E-state index in [9.17, 15) is 18.8 Å². The predicted molar refractivity (Wildman–Crippen MR) is 139 cm³/mol. The van der Waals surface area contributed by atoms with Crippen molar-refractivity contribution in [2.24, 2.45) is 5.92 Å². The average molecular weight is 592 g/mol. The van der Waals surface area contributed by atoms with Crippen molar-refractivity contribution >= 4 is 34.2 Å². The van der Waals surface area contributed by atoms with Crippen LogP contribution in [-0.2, 0) is 27.5 Å². The molecule has 0 spiro atoms. The van der Waals surface area contributed by atoms with E-state index in [-0.39, 0.29) is 31.9 Å². The number of amides is 3. The predicted octanol–water partition coefficient (Wildman–Crippen LogP) is 4.55. The SMILES string of the molecule is CC[C@H]([C@H](C(=O)NCNC(=O)c1ccc(Br)o1)C(F)Cc1ccc(F)cc1)N(C=O)OCc1ccccc1. The molecule has 1 aromatic heterocycles. The molecule has 2 N–H and O–H groups in total. The molecule has 3 atom stereocenters. The fraction of sp³-hybridized carbons (Fsp3) is 0.296.